The summed E-state index contributed by atoms with van der Waals surface area (Å²) in [6.45, 7) is 11.6. The van der Waals surface area contributed by atoms with Crippen LogP contribution in [-0.2, 0) is 9.59 Å². The zero-order valence-corrected chi connectivity index (χ0v) is 11.8. The molecule has 4 nitrogen and oxygen atoms in total. The Morgan fingerprint density at radius 2 is 1.65 bits per heavy atom. The van der Waals surface area contributed by atoms with E-state index in [0.717, 1.165) is 0 Å². The monoisotopic (exact) mass is 243 g/mol. The third-order valence-electron chi connectivity index (χ3n) is 3.32. The predicted molar refractivity (Wildman–Crippen MR) is 67.7 cm³/mol. The van der Waals surface area contributed by atoms with Crippen LogP contribution in [0.15, 0.2) is 0 Å². The van der Waals surface area contributed by atoms with Crippen molar-refractivity contribution in [3.8, 4) is 0 Å². The molecular weight excluding hydrogens is 218 g/mol. The van der Waals surface area contributed by atoms with Crippen molar-refractivity contribution in [2.75, 3.05) is 6.54 Å². The lowest BCUT2D eigenvalue weighted by molar-refractivity contribution is -0.147. The molecule has 0 bridgehead atoms. The van der Waals surface area contributed by atoms with Crippen LogP contribution in [0.2, 0.25) is 0 Å². The van der Waals surface area contributed by atoms with E-state index in [0.29, 0.717) is 13.0 Å². The largest absolute Gasteiger partial charge is 0.481 e. The van der Waals surface area contributed by atoms with Crippen molar-refractivity contribution < 1.29 is 14.7 Å². The first-order chi connectivity index (χ1) is 7.48. The number of hydrogen-bond donors (Lipinski definition) is 2. The molecule has 1 unspecified atom stereocenters. The lowest BCUT2D eigenvalue weighted by atomic mass is 9.81. The molecule has 1 atom stereocenters. The summed E-state index contributed by atoms with van der Waals surface area (Å²) in [5, 5.41) is 11.7. The summed E-state index contributed by atoms with van der Waals surface area (Å²) in [5.74, 6) is -0.940. The van der Waals surface area contributed by atoms with Crippen LogP contribution in [0, 0.1) is 16.7 Å². The Morgan fingerprint density at radius 1 is 1.18 bits per heavy atom. The molecule has 0 rings (SSSR count). The minimum absolute atomic E-state index is 0.0151. The molecule has 4 heteroatoms. The van der Waals surface area contributed by atoms with Crippen molar-refractivity contribution >= 4 is 11.9 Å². The Morgan fingerprint density at radius 3 is 2.00 bits per heavy atom. The fraction of sp³-hybridized carbons (Fsp3) is 0.846. The van der Waals surface area contributed by atoms with E-state index in [2.05, 4.69) is 5.32 Å². The number of hydrogen-bond acceptors (Lipinski definition) is 2. The fourth-order valence-corrected chi connectivity index (χ4v) is 1.15. The number of amides is 1. The highest BCUT2D eigenvalue weighted by Crippen LogP contribution is 2.25. The molecule has 0 aromatic rings. The summed E-state index contributed by atoms with van der Waals surface area (Å²) in [7, 11) is 0. The summed E-state index contributed by atoms with van der Waals surface area (Å²) in [6.07, 6.45) is 0.435. The van der Waals surface area contributed by atoms with Gasteiger partial charge in [-0.15, -0.1) is 0 Å². The molecule has 0 aliphatic heterocycles. The zero-order valence-electron chi connectivity index (χ0n) is 11.8. The molecule has 0 aliphatic carbocycles. The normalized spacial score (nSPS) is 14.2. The maximum Gasteiger partial charge on any atom is 0.309 e. The SMILES string of the molecule is CC(C(=O)NCCC(C)(C)C(=O)O)C(C)(C)C. The molecule has 0 heterocycles. The van der Waals surface area contributed by atoms with Gasteiger partial charge in [-0.2, -0.15) is 0 Å². The maximum absolute atomic E-state index is 11.8. The van der Waals surface area contributed by atoms with Crippen LogP contribution in [0.25, 0.3) is 0 Å². The number of carbonyl (C=O) groups is 2. The molecule has 1 amide bonds. The highest BCUT2D eigenvalue weighted by atomic mass is 16.4. The Labute approximate surface area is 104 Å². The van der Waals surface area contributed by atoms with E-state index >= 15 is 0 Å². The van der Waals surface area contributed by atoms with E-state index in [1.165, 1.54) is 0 Å². The van der Waals surface area contributed by atoms with Crippen LogP contribution in [0.5, 0.6) is 0 Å². The zero-order chi connectivity index (χ0) is 13.9. The summed E-state index contributed by atoms with van der Waals surface area (Å²) in [6, 6.07) is 0. The van der Waals surface area contributed by atoms with Gasteiger partial charge in [0.05, 0.1) is 5.41 Å². The molecule has 0 aliphatic rings. The summed E-state index contributed by atoms with van der Waals surface area (Å²) >= 11 is 0. The van der Waals surface area contributed by atoms with Gasteiger partial charge in [0.2, 0.25) is 5.91 Å². The average molecular weight is 243 g/mol. The van der Waals surface area contributed by atoms with Crippen LogP contribution in [0.4, 0.5) is 0 Å². The van der Waals surface area contributed by atoms with Crippen LogP contribution in [-0.4, -0.2) is 23.5 Å². The number of carboxylic acid groups (broad SMARTS) is 1. The first-order valence-corrected chi connectivity index (χ1v) is 5.99. The number of carbonyl (C=O) groups excluding carboxylic acids is 1. The van der Waals surface area contributed by atoms with Gasteiger partial charge in [0.1, 0.15) is 0 Å². The van der Waals surface area contributed by atoms with Gasteiger partial charge in [0.15, 0.2) is 0 Å². The lowest BCUT2D eigenvalue weighted by Crippen LogP contribution is -2.38. The number of rotatable bonds is 5. The van der Waals surface area contributed by atoms with E-state index in [1.54, 1.807) is 13.8 Å². The van der Waals surface area contributed by atoms with E-state index < -0.39 is 11.4 Å². The molecule has 0 saturated carbocycles. The van der Waals surface area contributed by atoms with Crippen LogP contribution in [0.1, 0.15) is 48.0 Å². The Kier molecular flexibility index (Phi) is 5.17. The molecular formula is C13H25NO3. The Hall–Kier alpha value is -1.06. The van der Waals surface area contributed by atoms with Gasteiger partial charge in [-0.1, -0.05) is 27.7 Å². The Balaban J connectivity index is 4.16. The molecule has 0 aromatic carbocycles. The van der Waals surface area contributed by atoms with Crippen LogP contribution in [0.3, 0.4) is 0 Å². The van der Waals surface area contributed by atoms with E-state index in [9.17, 15) is 9.59 Å². The van der Waals surface area contributed by atoms with Crippen molar-refractivity contribution in [3.05, 3.63) is 0 Å². The van der Waals surface area contributed by atoms with Crippen molar-refractivity contribution in [1.82, 2.24) is 5.32 Å². The molecule has 0 saturated heterocycles. The Bertz CT molecular complexity index is 290. The fourth-order valence-electron chi connectivity index (χ4n) is 1.15. The first kappa shape index (κ1) is 15.9. The molecule has 100 valence electrons. The molecule has 0 aromatic heterocycles. The molecule has 17 heavy (non-hydrogen) atoms. The second-order valence-corrected chi connectivity index (χ2v) is 6.32. The minimum Gasteiger partial charge on any atom is -0.481 e. The van der Waals surface area contributed by atoms with Crippen molar-refractivity contribution in [2.45, 2.75) is 48.0 Å². The molecule has 0 radical (unpaired) electrons. The highest BCUT2D eigenvalue weighted by Gasteiger charge is 2.29. The second kappa shape index (κ2) is 5.52. The van der Waals surface area contributed by atoms with E-state index in [-0.39, 0.29) is 17.2 Å². The molecule has 2 N–H and O–H groups in total. The maximum atomic E-state index is 11.8. The quantitative estimate of drug-likeness (QED) is 0.778. The number of nitrogens with one attached hydrogen (secondary N) is 1. The second-order valence-electron chi connectivity index (χ2n) is 6.32. The summed E-state index contributed by atoms with van der Waals surface area (Å²) in [4.78, 5) is 22.7. The summed E-state index contributed by atoms with van der Waals surface area (Å²) in [5.41, 5.74) is -0.870. The van der Waals surface area contributed by atoms with Gasteiger partial charge < -0.3 is 10.4 Å². The first-order valence-electron chi connectivity index (χ1n) is 5.99. The van der Waals surface area contributed by atoms with Gasteiger partial charge in [-0.25, -0.2) is 0 Å². The molecule has 0 fully saturated rings. The van der Waals surface area contributed by atoms with Gasteiger partial charge in [0.25, 0.3) is 0 Å². The predicted octanol–water partition coefficient (Wildman–Crippen LogP) is 2.29. The number of carboxylic acids is 1. The minimum atomic E-state index is -0.837. The number of aliphatic carboxylic acids is 1. The highest BCUT2D eigenvalue weighted by molar-refractivity contribution is 5.79. The topological polar surface area (TPSA) is 66.4 Å². The van der Waals surface area contributed by atoms with Crippen molar-refractivity contribution in [3.63, 3.8) is 0 Å². The van der Waals surface area contributed by atoms with Crippen LogP contribution < -0.4 is 5.32 Å². The van der Waals surface area contributed by atoms with Crippen molar-refractivity contribution in [2.24, 2.45) is 16.7 Å². The van der Waals surface area contributed by atoms with Gasteiger partial charge in [-0.3, -0.25) is 9.59 Å². The third kappa shape index (κ3) is 5.20. The third-order valence-corrected chi connectivity index (χ3v) is 3.32. The molecule has 0 spiro atoms. The van der Waals surface area contributed by atoms with E-state index in [4.69, 9.17) is 5.11 Å². The average Bonchev–Trinajstić information content (AvgIpc) is 2.14. The lowest BCUT2D eigenvalue weighted by Gasteiger charge is -2.27. The van der Waals surface area contributed by atoms with Gasteiger partial charge >= 0.3 is 5.97 Å². The van der Waals surface area contributed by atoms with Crippen molar-refractivity contribution in [1.29, 1.82) is 0 Å². The smallest absolute Gasteiger partial charge is 0.309 e. The summed E-state index contributed by atoms with van der Waals surface area (Å²) < 4.78 is 0. The van der Waals surface area contributed by atoms with Gasteiger partial charge in [0, 0.05) is 12.5 Å². The standard InChI is InChI=1S/C13H25NO3/c1-9(12(2,3)4)10(15)14-8-7-13(5,6)11(16)17/h9H,7-8H2,1-6H3,(H,14,15)(H,16,17). The van der Waals surface area contributed by atoms with Gasteiger partial charge in [-0.05, 0) is 25.7 Å². The van der Waals surface area contributed by atoms with Crippen LogP contribution >= 0.6 is 0 Å². The van der Waals surface area contributed by atoms with E-state index in [1.807, 2.05) is 27.7 Å².